The Morgan fingerprint density at radius 1 is 1.50 bits per heavy atom. The summed E-state index contributed by atoms with van der Waals surface area (Å²) >= 11 is 7.21. The smallest absolute Gasteiger partial charge is 0.310 e. The highest BCUT2D eigenvalue weighted by Gasteiger charge is 2.26. The molecule has 20 heavy (non-hydrogen) atoms. The van der Waals surface area contributed by atoms with E-state index in [1.807, 2.05) is 13.8 Å². The number of hydrogen-bond donors (Lipinski definition) is 1. The Hall–Kier alpha value is -0.0600. The molecule has 3 nitrogen and oxygen atoms in total. The highest BCUT2D eigenvalue weighted by Crippen LogP contribution is 2.58. The molecule has 0 aromatic heterocycles. The zero-order chi connectivity index (χ0) is 15.2. The van der Waals surface area contributed by atoms with E-state index in [0.717, 1.165) is 6.42 Å². The molecule has 114 valence electrons. The minimum absolute atomic E-state index is 0.0756. The Morgan fingerprint density at radius 2 is 2.20 bits per heavy atom. The Kier molecular flexibility index (Phi) is 7.56. The third-order valence-electron chi connectivity index (χ3n) is 2.70. The predicted molar refractivity (Wildman–Crippen MR) is 84.8 cm³/mol. The van der Waals surface area contributed by atoms with Crippen LogP contribution in [0.2, 0.25) is 5.02 Å². The molecule has 0 aliphatic carbocycles. The molecule has 0 saturated heterocycles. The van der Waals surface area contributed by atoms with Crippen molar-refractivity contribution >= 4 is 29.7 Å². The lowest BCUT2D eigenvalue weighted by Crippen LogP contribution is -2.13. The van der Waals surface area contributed by atoms with Crippen LogP contribution in [0, 0.1) is 5.82 Å². The number of nitrogens with one attached hydrogen (secondary N) is 1. The van der Waals surface area contributed by atoms with Crippen molar-refractivity contribution in [1.29, 1.82) is 0 Å². The lowest BCUT2D eigenvalue weighted by Gasteiger charge is -2.21. The van der Waals surface area contributed by atoms with Crippen LogP contribution in [0.4, 0.5) is 4.39 Å². The zero-order valence-corrected chi connectivity index (χ0v) is 14.3. The summed E-state index contributed by atoms with van der Waals surface area (Å²) in [7, 11) is 0. The lowest BCUT2D eigenvalue weighted by molar-refractivity contribution is 0.337. The van der Waals surface area contributed by atoms with Crippen molar-refractivity contribution in [2.45, 2.75) is 39.0 Å². The SMILES string of the molecule is CCOP(=O)(NCc1c(F)cccc1Cl)SC(C)CC. The van der Waals surface area contributed by atoms with Gasteiger partial charge in [0.05, 0.1) is 6.61 Å². The number of rotatable bonds is 8. The topological polar surface area (TPSA) is 38.3 Å². The average molecular weight is 340 g/mol. The second-order valence-corrected chi connectivity index (χ2v) is 9.34. The van der Waals surface area contributed by atoms with Crippen molar-refractivity contribution in [3.8, 4) is 0 Å². The third-order valence-corrected chi connectivity index (χ3v) is 7.79. The van der Waals surface area contributed by atoms with Crippen LogP contribution in [0.3, 0.4) is 0 Å². The maximum Gasteiger partial charge on any atom is 0.327 e. The fourth-order valence-electron chi connectivity index (χ4n) is 1.47. The van der Waals surface area contributed by atoms with Gasteiger partial charge in [-0.2, -0.15) is 0 Å². The van der Waals surface area contributed by atoms with E-state index in [1.54, 1.807) is 13.0 Å². The summed E-state index contributed by atoms with van der Waals surface area (Å²) in [6.45, 7) is 3.13. The van der Waals surface area contributed by atoms with Gasteiger partial charge < -0.3 is 4.52 Å². The van der Waals surface area contributed by atoms with Crippen molar-refractivity contribution in [3.63, 3.8) is 0 Å². The van der Waals surface area contributed by atoms with Crippen molar-refractivity contribution in [2.75, 3.05) is 6.61 Å². The van der Waals surface area contributed by atoms with Gasteiger partial charge in [0.2, 0.25) is 0 Å². The average Bonchev–Trinajstić information content (AvgIpc) is 2.38. The summed E-state index contributed by atoms with van der Waals surface area (Å²) in [5, 5.41) is 3.34. The van der Waals surface area contributed by atoms with Gasteiger partial charge in [0.15, 0.2) is 0 Å². The standard InChI is InChI=1S/C13H20ClFNO2PS/c1-4-10(3)20-19(17,18-5-2)16-9-11-12(14)7-6-8-13(11)15/h6-8,10H,4-5,9H2,1-3H3,(H,16,17). The van der Waals surface area contributed by atoms with Gasteiger partial charge in [-0.3, -0.25) is 4.57 Å². The Morgan fingerprint density at radius 3 is 2.75 bits per heavy atom. The molecule has 0 spiro atoms. The molecule has 0 amide bonds. The summed E-state index contributed by atoms with van der Waals surface area (Å²) in [6.07, 6.45) is 0.879. The van der Waals surface area contributed by atoms with E-state index in [9.17, 15) is 8.96 Å². The largest absolute Gasteiger partial charge is 0.327 e. The van der Waals surface area contributed by atoms with Crippen molar-refractivity contribution in [3.05, 3.63) is 34.6 Å². The Balaban J connectivity index is 2.79. The molecular formula is C13H20ClFNO2PS. The molecule has 0 fully saturated rings. The molecule has 0 bridgehead atoms. The minimum atomic E-state index is -3.06. The van der Waals surface area contributed by atoms with Crippen LogP contribution in [0.5, 0.6) is 0 Å². The van der Waals surface area contributed by atoms with E-state index in [1.165, 1.54) is 23.5 Å². The molecule has 0 radical (unpaired) electrons. The molecular weight excluding hydrogens is 320 g/mol. The van der Waals surface area contributed by atoms with Crippen LogP contribution in [0.25, 0.3) is 0 Å². The number of halogens is 2. The first-order chi connectivity index (χ1) is 9.41. The van der Waals surface area contributed by atoms with Crippen LogP contribution in [-0.2, 0) is 15.6 Å². The number of hydrogen-bond acceptors (Lipinski definition) is 3. The molecule has 1 N–H and O–H groups in total. The second kappa shape index (κ2) is 8.40. The fourth-order valence-corrected chi connectivity index (χ4v) is 6.03. The summed E-state index contributed by atoms with van der Waals surface area (Å²) in [5.41, 5.74) is 0.304. The molecule has 2 atom stereocenters. The van der Waals surface area contributed by atoms with Crippen molar-refractivity contribution < 1.29 is 13.5 Å². The minimum Gasteiger partial charge on any atom is -0.310 e. The van der Waals surface area contributed by atoms with Crippen LogP contribution in [-0.4, -0.2) is 11.9 Å². The molecule has 1 rings (SSSR count). The second-order valence-electron chi connectivity index (χ2n) is 4.27. The Labute approximate surface area is 128 Å². The molecule has 1 aromatic rings. The molecule has 0 aliphatic rings. The van der Waals surface area contributed by atoms with E-state index in [4.69, 9.17) is 16.1 Å². The van der Waals surface area contributed by atoms with E-state index in [2.05, 4.69) is 5.09 Å². The normalized spacial score (nSPS) is 15.8. The van der Waals surface area contributed by atoms with Crippen LogP contribution in [0.15, 0.2) is 18.2 Å². The van der Waals surface area contributed by atoms with Gasteiger partial charge in [0, 0.05) is 22.4 Å². The highest BCUT2D eigenvalue weighted by atomic mass is 35.5. The van der Waals surface area contributed by atoms with E-state index in [-0.39, 0.29) is 11.8 Å². The van der Waals surface area contributed by atoms with E-state index in [0.29, 0.717) is 17.2 Å². The first-order valence-corrected chi connectivity index (χ1v) is 10.0. The monoisotopic (exact) mass is 339 g/mol. The van der Waals surface area contributed by atoms with E-state index < -0.39 is 12.5 Å². The van der Waals surface area contributed by atoms with Gasteiger partial charge in [-0.05, 0) is 25.5 Å². The summed E-state index contributed by atoms with van der Waals surface area (Å²) in [5.74, 6) is -0.415. The number of benzene rings is 1. The van der Waals surface area contributed by atoms with Gasteiger partial charge in [-0.25, -0.2) is 9.48 Å². The van der Waals surface area contributed by atoms with Crippen LogP contribution < -0.4 is 5.09 Å². The highest BCUT2D eigenvalue weighted by molar-refractivity contribution is 8.56. The molecule has 0 heterocycles. The fraction of sp³-hybridized carbons (Fsp3) is 0.538. The van der Waals surface area contributed by atoms with Gasteiger partial charge in [-0.15, -0.1) is 0 Å². The lowest BCUT2D eigenvalue weighted by atomic mass is 10.2. The molecule has 0 saturated carbocycles. The summed E-state index contributed by atoms with van der Waals surface area (Å²) < 4.78 is 31.7. The van der Waals surface area contributed by atoms with Gasteiger partial charge in [0.1, 0.15) is 5.82 Å². The first-order valence-electron chi connectivity index (χ1n) is 6.52. The summed E-state index contributed by atoms with van der Waals surface area (Å²) in [6, 6.07) is 4.47. The summed E-state index contributed by atoms with van der Waals surface area (Å²) in [4.78, 5) is 0. The Bertz CT molecular complexity index is 469. The molecule has 1 aromatic carbocycles. The van der Waals surface area contributed by atoms with E-state index >= 15 is 0 Å². The quantitative estimate of drug-likeness (QED) is 0.657. The van der Waals surface area contributed by atoms with Crippen molar-refractivity contribution in [1.82, 2.24) is 5.09 Å². The van der Waals surface area contributed by atoms with Gasteiger partial charge in [0.25, 0.3) is 0 Å². The molecule has 7 heteroatoms. The third kappa shape index (κ3) is 5.38. The van der Waals surface area contributed by atoms with Crippen molar-refractivity contribution in [2.24, 2.45) is 0 Å². The molecule has 2 unspecified atom stereocenters. The van der Waals surface area contributed by atoms with Crippen LogP contribution >= 0.6 is 29.7 Å². The maximum atomic E-state index is 13.7. The first kappa shape index (κ1) is 18.0. The predicted octanol–water partition coefficient (Wildman–Crippen LogP) is 5.25. The van der Waals surface area contributed by atoms with Gasteiger partial charge >= 0.3 is 6.72 Å². The van der Waals surface area contributed by atoms with Gasteiger partial charge in [-0.1, -0.05) is 42.9 Å². The zero-order valence-electron chi connectivity index (χ0n) is 11.9. The molecule has 0 aliphatic heterocycles. The maximum absolute atomic E-state index is 13.7. The van der Waals surface area contributed by atoms with Crippen LogP contribution in [0.1, 0.15) is 32.8 Å².